The zero-order valence-corrected chi connectivity index (χ0v) is 15.8. The van der Waals surface area contributed by atoms with E-state index in [0.717, 1.165) is 24.4 Å². The number of rotatable bonds is 9. The average molecular weight is 361 g/mol. The Kier molecular flexibility index (Phi) is 7.03. The highest BCUT2D eigenvalue weighted by molar-refractivity contribution is 5.27. The molecule has 3 rings (SSSR count). The van der Waals surface area contributed by atoms with Crippen molar-refractivity contribution in [1.29, 1.82) is 0 Å². The van der Waals surface area contributed by atoms with E-state index in [1.54, 1.807) is 7.11 Å². The first-order valence-corrected chi connectivity index (χ1v) is 9.34. The van der Waals surface area contributed by atoms with Crippen LogP contribution >= 0.6 is 0 Å². The summed E-state index contributed by atoms with van der Waals surface area (Å²) in [6.45, 7) is 2.21. The van der Waals surface area contributed by atoms with E-state index in [0.29, 0.717) is 13.0 Å². The van der Waals surface area contributed by atoms with E-state index in [1.165, 1.54) is 11.1 Å². The third kappa shape index (κ3) is 6.24. The van der Waals surface area contributed by atoms with Crippen molar-refractivity contribution < 1.29 is 9.84 Å². The molecule has 3 nitrogen and oxygen atoms in total. The molecule has 0 saturated carbocycles. The van der Waals surface area contributed by atoms with Crippen LogP contribution in [0.5, 0.6) is 5.75 Å². The van der Waals surface area contributed by atoms with Crippen molar-refractivity contribution in [2.45, 2.75) is 25.6 Å². The Morgan fingerprint density at radius 1 is 0.741 bits per heavy atom. The van der Waals surface area contributed by atoms with Gasteiger partial charge in [-0.2, -0.15) is 0 Å². The second-order valence-corrected chi connectivity index (χ2v) is 6.85. The van der Waals surface area contributed by atoms with E-state index in [2.05, 4.69) is 53.4 Å². The van der Waals surface area contributed by atoms with Crippen LogP contribution in [0.15, 0.2) is 84.9 Å². The third-order valence-corrected chi connectivity index (χ3v) is 4.60. The van der Waals surface area contributed by atoms with Crippen LogP contribution in [-0.4, -0.2) is 29.8 Å². The van der Waals surface area contributed by atoms with Crippen molar-refractivity contribution in [1.82, 2.24) is 4.90 Å². The molecule has 3 aromatic rings. The quantitative estimate of drug-likeness (QED) is 0.617. The van der Waals surface area contributed by atoms with Gasteiger partial charge in [-0.25, -0.2) is 0 Å². The molecule has 0 radical (unpaired) electrons. The predicted octanol–water partition coefficient (Wildman–Crippen LogP) is 4.30. The van der Waals surface area contributed by atoms with Gasteiger partial charge in [-0.1, -0.05) is 72.8 Å². The van der Waals surface area contributed by atoms with Gasteiger partial charge in [0.25, 0.3) is 0 Å². The molecule has 0 aliphatic heterocycles. The highest BCUT2D eigenvalue weighted by atomic mass is 16.5. The first-order chi connectivity index (χ1) is 13.2. The van der Waals surface area contributed by atoms with Crippen LogP contribution in [0.4, 0.5) is 0 Å². The minimum absolute atomic E-state index is 0.408. The van der Waals surface area contributed by atoms with Crippen LogP contribution in [0.2, 0.25) is 0 Å². The Balaban J connectivity index is 1.68. The largest absolute Gasteiger partial charge is 0.497 e. The second-order valence-electron chi connectivity index (χ2n) is 6.85. The Labute approximate surface area is 161 Å². The molecule has 0 fully saturated rings. The van der Waals surface area contributed by atoms with Gasteiger partial charge < -0.3 is 9.84 Å². The van der Waals surface area contributed by atoms with Crippen LogP contribution in [0.1, 0.15) is 16.7 Å². The molecular formula is C24H27NO2. The molecule has 0 heterocycles. The fourth-order valence-electron chi connectivity index (χ4n) is 3.26. The Bertz CT molecular complexity index is 788. The number of benzene rings is 3. The van der Waals surface area contributed by atoms with E-state index in [9.17, 15) is 5.11 Å². The van der Waals surface area contributed by atoms with Crippen LogP contribution in [0.3, 0.4) is 0 Å². The molecule has 1 N–H and O–H groups in total. The van der Waals surface area contributed by atoms with Crippen molar-refractivity contribution in [3.05, 3.63) is 102 Å². The van der Waals surface area contributed by atoms with E-state index in [-0.39, 0.29) is 0 Å². The maximum atomic E-state index is 10.6. The molecule has 0 aromatic heterocycles. The number of nitrogens with zero attached hydrogens (tertiary/aromatic N) is 1. The molecular weight excluding hydrogens is 334 g/mol. The summed E-state index contributed by atoms with van der Waals surface area (Å²) >= 11 is 0. The number of hydrogen-bond donors (Lipinski definition) is 1. The molecule has 140 valence electrons. The molecule has 27 heavy (non-hydrogen) atoms. The van der Waals surface area contributed by atoms with Gasteiger partial charge in [0.05, 0.1) is 13.2 Å². The number of methoxy groups -OCH3 is 1. The second kappa shape index (κ2) is 9.91. The van der Waals surface area contributed by atoms with Gasteiger partial charge in [-0.05, 0) is 35.2 Å². The minimum Gasteiger partial charge on any atom is -0.497 e. The van der Waals surface area contributed by atoms with Crippen molar-refractivity contribution >= 4 is 0 Å². The Morgan fingerprint density at radius 3 is 1.81 bits per heavy atom. The monoisotopic (exact) mass is 361 g/mol. The topological polar surface area (TPSA) is 32.7 Å². The summed E-state index contributed by atoms with van der Waals surface area (Å²) in [5.74, 6) is 0.859. The number of hydrogen-bond acceptors (Lipinski definition) is 3. The van der Waals surface area contributed by atoms with Gasteiger partial charge in [0.2, 0.25) is 0 Å². The molecule has 0 aliphatic rings. The van der Waals surface area contributed by atoms with Gasteiger partial charge in [0, 0.05) is 19.6 Å². The van der Waals surface area contributed by atoms with Crippen molar-refractivity contribution in [3.63, 3.8) is 0 Å². The van der Waals surface area contributed by atoms with E-state index in [1.807, 2.05) is 36.4 Å². The lowest BCUT2D eigenvalue weighted by atomic mass is 10.1. The maximum absolute atomic E-state index is 10.6. The highest BCUT2D eigenvalue weighted by Crippen LogP contribution is 2.16. The Morgan fingerprint density at radius 2 is 1.26 bits per heavy atom. The normalized spacial score (nSPS) is 12.1. The molecule has 0 aliphatic carbocycles. The summed E-state index contributed by atoms with van der Waals surface area (Å²) in [5, 5.41) is 10.6. The van der Waals surface area contributed by atoms with E-state index < -0.39 is 6.10 Å². The zero-order chi connectivity index (χ0) is 18.9. The molecule has 0 spiro atoms. The minimum atomic E-state index is -0.408. The fourth-order valence-corrected chi connectivity index (χ4v) is 3.26. The van der Waals surface area contributed by atoms with Gasteiger partial charge in [-0.15, -0.1) is 0 Å². The third-order valence-electron chi connectivity index (χ3n) is 4.60. The van der Waals surface area contributed by atoms with Gasteiger partial charge in [0.1, 0.15) is 5.75 Å². The summed E-state index contributed by atoms with van der Waals surface area (Å²) in [5.41, 5.74) is 3.62. The van der Waals surface area contributed by atoms with Crippen LogP contribution in [0, 0.1) is 0 Å². The predicted molar refractivity (Wildman–Crippen MR) is 110 cm³/mol. The Hall–Kier alpha value is -2.62. The summed E-state index contributed by atoms with van der Waals surface area (Å²) in [6.07, 6.45) is 0.253. The SMILES string of the molecule is COc1ccc(CN(Cc2ccccc2)CC(O)Cc2ccccc2)cc1. The van der Waals surface area contributed by atoms with Gasteiger partial charge in [0.15, 0.2) is 0 Å². The molecule has 0 bridgehead atoms. The molecule has 1 atom stereocenters. The van der Waals surface area contributed by atoms with Crippen molar-refractivity contribution in [2.75, 3.05) is 13.7 Å². The molecule has 0 saturated heterocycles. The number of ether oxygens (including phenoxy) is 1. The summed E-state index contributed by atoms with van der Waals surface area (Å²) < 4.78 is 5.25. The molecule has 3 aromatic carbocycles. The summed E-state index contributed by atoms with van der Waals surface area (Å²) in [6, 6.07) is 28.7. The lowest BCUT2D eigenvalue weighted by molar-refractivity contribution is 0.104. The first kappa shape index (κ1) is 19.2. The summed E-state index contributed by atoms with van der Waals surface area (Å²) in [4.78, 5) is 2.30. The molecule has 1 unspecified atom stereocenters. The first-order valence-electron chi connectivity index (χ1n) is 9.34. The maximum Gasteiger partial charge on any atom is 0.118 e. The van der Waals surface area contributed by atoms with Gasteiger partial charge >= 0.3 is 0 Å². The number of aliphatic hydroxyl groups is 1. The number of aliphatic hydroxyl groups excluding tert-OH is 1. The van der Waals surface area contributed by atoms with Gasteiger partial charge in [-0.3, -0.25) is 4.90 Å². The molecule has 0 amide bonds. The smallest absolute Gasteiger partial charge is 0.118 e. The van der Waals surface area contributed by atoms with Crippen LogP contribution in [-0.2, 0) is 19.5 Å². The lowest BCUT2D eigenvalue weighted by Gasteiger charge is -2.25. The lowest BCUT2D eigenvalue weighted by Crippen LogP contribution is -2.33. The van der Waals surface area contributed by atoms with Crippen molar-refractivity contribution in [2.24, 2.45) is 0 Å². The van der Waals surface area contributed by atoms with E-state index >= 15 is 0 Å². The standard InChI is InChI=1S/C24H27NO2/c1-27-24-14-12-22(13-15-24)18-25(17-21-10-6-3-7-11-21)19-23(26)16-20-8-4-2-5-9-20/h2-15,23,26H,16-19H2,1H3. The van der Waals surface area contributed by atoms with E-state index in [4.69, 9.17) is 4.74 Å². The highest BCUT2D eigenvalue weighted by Gasteiger charge is 2.14. The fraction of sp³-hybridized carbons (Fsp3) is 0.250. The zero-order valence-electron chi connectivity index (χ0n) is 15.8. The van der Waals surface area contributed by atoms with Crippen LogP contribution in [0.25, 0.3) is 0 Å². The summed E-state index contributed by atoms with van der Waals surface area (Å²) in [7, 11) is 1.68. The van der Waals surface area contributed by atoms with Crippen LogP contribution < -0.4 is 4.74 Å². The van der Waals surface area contributed by atoms with Crippen molar-refractivity contribution in [3.8, 4) is 5.75 Å². The molecule has 3 heteroatoms. The average Bonchev–Trinajstić information content (AvgIpc) is 2.70.